The van der Waals surface area contributed by atoms with Crippen LogP contribution in [-0.2, 0) is 28.6 Å². The van der Waals surface area contributed by atoms with Gasteiger partial charge >= 0.3 is 17.9 Å². The Balaban J connectivity index is 4.31. The summed E-state index contributed by atoms with van der Waals surface area (Å²) in [6.45, 7) is 6.66. The second-order valence-corrected chi connectivity index (χ2v) is 21.0. The van der Waals surface area contributed by atoms with Crippen LogP contribution in [0.4, 0.5) is 0 Å². The molecule has 1 atom stereocenters. The lowest BCUT2D eigenvalue weighted by Crippen LogP contribution is -2.30. The van der Waals surface area contributed by atoms with Crippen LogP contribution in [0.3, 0.4) is 0 Å². The van der Waals surface area contributed by atoms with Gasteiger partial charge in [-0.25, -0.2) is 0 Å². The molecule has 6 nitrogen and oxygen atoms in total. The largest absolute Gasteiger partial charge is 0.462 e. The van der Waals surface area contributed by atoms with Crippen molar-refractivity contribution in [3.63, 3.8) is 0 Å². The summed E-state index contributed by atoms with van der Waals surface area (Å²) in [5, 5.41) is 0. The van der Waals surface area contributed by atoms with Crippen molar-refractivity contribution in [3.8, 4) is 0 Å². The Morgan fingerprint density at radius 3 is 0.729 bits per heavy atom. The minimum Gasteiger partial charge on any atom is -0.462 e. The van der Waals surface area contributed by atoms with Crippen molar-refractivity contribution in [2.45, 2.75) is 341 Å². The van der Waals surface area contributed by atoms with Gasteiger partial charge in [0.2, 0.25) is 0 Å². The molecule has 0 radical (unpaired) electrons. The molecule has 0 heterocycles. The molecule has 0 aromatic carbocycles. The molecule has 0 saturated carbocycles. The van der Waals surface area contributed by atoms with Gasteiger partial charge in [-0.3, -0.25) is 14.4 Å². The molecular formula is C64H118O6. The molecule has 0 bridgehead atoms. The second-order valence-electron chi connectivity index (χ2n) is 21.0. The molecule has 6 heteroatoms. The molecule has 0 N–H and O–H groups in total. The highest BCUT2D eigenvalue weighted by Gasteiger charge is 2.19. The summed E-state index contributed by atoms with van der Waals surface area (Å²) < 4.78 is 16.9. The van der Waals surface area contributed by atoms with E-state index >= 15 is 0 Å². The van der Waals surface area contributed by atoms with E-state index < -0.39 is 6.10 Å². The van der Waals surface area contributed by atoms with E-state index in [1.165, 1.54) is 231 Å². The number of allylic oxidation sites excluding steroid dienone is 6. The number of hydrogen-bond acceptors (Lipinski definition) is 6. The molecule has 0 aliphatic rings. The van der Waals surface area contributed by atoms with E-state index in [-0.39, 0.29) is 31.1 Å². The van der Waals surface area contributed by atoms with Gasteiger partial charge in [-0.15, -0.1) is 0 Å². The zero-order valence-corrected chi connectivity index (χ0v) is 47.1. The second kappa shape index (κ2) is 59.2. The Kier molecular flexibility index (Phi) is 57.2. The summed E-state index contributed by atoms with van der Waals surface area (Å²) in [5.74, 6) is -0.872. The van der Waals surface area contributed by atoms with Crippen LogP contribution < -0.4 is 0 Å². The molecule has 410 valence electrons. The van der Waals surface area contributed by atoms with E-state index in [0.29, 0.717) is 19.3 Å². The van der Waals surface area contributed by atoms with Crippen molar-refractivity contribution in [3.05, 3.63) is 36.5 Å². The monoisotopic (exact) mass is 983 g/mol. The van der Waals surface area contributed by atoms with Crippen LogP contribution in [0.1, 0.15) is 335 Å². The third-order valence-corrected chi connectivity index (χ3v) is 13.8. The van der Waals surface area contributed by atoms with Crippen molar-refractivity contribution in [1.82, 2.24) is 0 Å². The predicted molar refractivity (Wildman–Crippen MR) is 302 cm³/mol. The molecule has 0 fully saturated rings. The lowest BCUT2D eigenvalue weighted by molar-refractivity contribution is -0.167. The first-order chi connectivity index (χ1) is 34.5. The van der Waals surface area contributed by atoms with Crippen LogP contribution in [0.15, 0.2) is 36.5 Å². The van der Waals surface area contributed by atoms with Crippen molar-refractivity contribution >= 4 is 17.9 Å². The normalized spacial score (nSPS) is 12.2. The molecule has 0 spiro atoms. The maximum Gasteiger partial charge on any atom is 0.306 e. The maximum absolute atomic E-state index is 12.9. The van der Waals surface area contributed by atoms with E-state index in [4.69, 9.17) is 14.2 Å². The van der Waals surface area contributed by atoms with Crippen molar-refractivity contribution in [2.24, 2.45) is 0 Å². The van der Waals surface area contributed by atoms with Gasteiger partial charge in [0.15, 0.2) is 6.10 Å². The van der Waals surface area contributed by atoms with E-state index in [1.807, 2.05) is 0 Å². The van der Waals surface area contributed by atoms with E-state index in [9.17, 15) is 14.4 Å². The fourth-order valence-corrected chi connectivity index (χ4v) is 9.13. The molecule has 0 aliphatic carbocycles. The number of carbonyl (C=O) groups is 3. The number of hydrogen-bond donors (Lipinski definition) is 0. The minimum atomic E-state index is -0.777. The molecule has 0 aliphatic heterocycles. The third kappa shape index (κ3) is 56.5. The molecule has 0 aromatic heterocycles. The fraction of sp³-hybridized carbons (Fsp3) is 0.859. The van der Waals surface area contributed by atoms with Crippen LogP contribution in [0.2, 0.25) is 0 Å². The smallest absolute Gasteiger partial charge is 0.306 e. The summed E-state index contributed by atoms with van der Waals surface area (Å²) in [6.07, 6.45) is 71.4. The third-order valence-electron chi connectivity index (χ3n) is 13.8. The SMILES string of the molecule is CCCCCC/C=C\CCCCCCCC(=O)OCC(COC(=O)CCCCCCCCCCC/C=C\CCCCCCCCCC)OC(=O)CCCCCCCCC/C=C\CCCCCCCCC. The summed E-state index contributed by atoms with van der Waals surface area (Å²) >= 11 is 0. The van der Waals surface area contributed by atoms with Crippen LogP contribution in [0.25, 0.3) is 0 Å². The van der Waals surface area contributed by atoms with Gasteiger partial charge < -0.3 is 14.2 Å². The van der Waals surface area contributed by atoms with Crippen molar-refractivity contribution < 1.29 is 28.6 Å². The van der Waals surface area contributed by atoms with E-state index in [1.54, 1.807) is 0 Å². The zero-order chi connectivity index (χ0) is 50.7. The Labute approximate surface area is 435 Å². The first kappa shape index (κ1) is 67.6. The van der Waals surface area contributed by atoms with Crippen molar-refractivity contribution in [2.75, 3.05) is 13.2 Å². The summed E-state index contributed by atoms with van der Waals surface area (Å²) in [6, 6.07) is 0. The highest BCUT2D eigenvalue weighted by atomic mass is 16.6. The van der Waals surface area contributed by atoms with Gasteiger partial charge in [-0.1, -0.05) is 256 Å². The summed E-state index contributed by atoms with van der Waals surface area (Å²) in [7, 11) is 0. The minimum absolute atomic E-state index is 0.0750. The average molecular weight is 984 g/mol. The van der Waals surface area contributed by atoms with Crippen LogP contribution in [0, 0.1) is 0 Å². The van der Waals surface area contributed by atoms with Crippen LogP contribution >= 0.6 is 0 Å². The topological polar surface area (TPSA) is 78.9 Å². The number of carbonyl (C=O) groups excluding carboxylic acids is 3. The highest BCUT2D eigenvalue weighted by Crippen LogP contribution is 2.16. The predicted octanol–water partition coefficient (Wildman–Crippen LogP) is 20.8. The van der Waals surface area contributed by atoms with Crippen LogP contribution in [-0.4, -0.2) is 37.2 Å². The van der Waals surface area contributed by atoms with Gasteiger partial charge in [0.25, 0.3) is 0 Å². The lowest BCUT2D eigenvalue weighted by Gasteiger charge is -2.18. The zero-order valence-electron chi connectivity index (χ0n) is 47.1. The molecule has 0 saturated heterocycles. The first-order valence-corrected chi connectivity index (χ1v) is 31.0. The molecule has 70 heavy (non-hydrogen) atoms. The molecule has 0 amide bonds. The quantitative estimate of drug-likeness (QED) is 0.0261. The molecule has 1 unspecified atom stereocenters. The van der Waals surface area contributed by atoms with Gasteiger partial charge in [0.05, 0.1) is 0 Å². The molecular weight excluding hydrogens is 865 g/mol. The maximum atomic E-state index is 12.9. The number of unbranched alkanes of at least 4 members (excludes halogenated alkanes) is 40. The average Bonchev–Trinajstić information content (AvgIpc) is 3.36. The summed E-state index contributed by atoms with van der Waals surface area (Å²) in [4.78, 5) is 38.2. The Morgan fingerprint density at radius 1 is 0.271 bits per heavy atom. The number of esters is 3. The number of ether oxygens (including phenoxy) is 3. The number of rotatable bonds is 57. The summed E-state index contributed by atoms with van der Waals surface area (Å²) in [5.41, 5.74) is 0. The van der Waals surface area contributed by atoms with Gasteiger partial charge in [-0.2, -0.15) is 0 Å². The van der Waals surface area contributed by atoms with E-state index in [0.717, 1.165) is 64.2 Å². The first-order valence-electron chi connectivity index (χ1n) is 31.0. The molecule has 0 rings (SSSR count). The lowest BCUT2D eigenvalue weighted by atomic mass is 10.1. The Bertz CT molecular complexity index is 1170. The van der Waals surface area contributed by atoms with Crippen molar-refractivity contribution in [1.29, 1.82) is 0 Å². The Morgan fingerprint density at radius 2 is 0.471 bits per heavy atom. The highest BCUT2D eigenvalue weighted by molar-refractivity contribution is 5.71. The standard InChI is InChI=1S/C64H118O6/c1-4-7-10-13-16-19-22-25-27-29-31-32-33-35-36-39-42-45-48-51-54-57-63(66)69-60-61(59-68-62(65)56-53-50-47-44-41-38-24-21-18-15-12-9-6-3)70-64(67)58-55-52-49-46-43-40-37-34-30-28-26-23-20-17-14-11-8-5-2/h21,24,28-31,61H,4-20,22-23,25-27,32-60H2,1-3H3/b24-21-,30-28-,31-29-. The van der Waals surface area contributed by atoms with E-state index in [2.05, 4.69) is 57.2 Å². The van der Waals surface area contributed by atoms with Gasteiger partial charge in [0.1, 0.15) is 13.2 Å². The Hall–Kier alpha value is -2.37. The van der Waals surface area contributed by atoms with Crippen LogP contribution in [0.5, 0.6) is 0 Å². The van der Waals surface area contributed by atoms with Gasteiger partial charge in [-0.05, 0) is 96.3 Å². The fourth-order valence-electron chi connectivity index (χ4n) is 9.13. The molecule has 0 aromatic rings. The van der Waals surface area contributed by atoms with Gasteiger partial charge in [0, 0.05) is 19.3 Å².